The van der Waals surface area contributed by atoms with Gasteiger partial charge in [0, 0.05) is 44.7 Å². The van der Waals surface area contributed by atoms with Crippen molar-refractivity contribution >= 4 is 17.7 Å². The molecule has 1 fully saturated rings. The van der Waals surface area contributed by atoms with Crippen molar-refractivity contribution in [2.24, 2.45) is 0 Å². The highest BCUT2D eigenvalue weighted by molar-refractivity contribution is 7.99. The van der Waals surface area contributed by atoms with Gasteiger partial charge in [-0.1, -0.05) is 36.0 Å². The average molecular weight is 469 g/mol. The summed E-state index contributed by atoms with van der Waals surface area (Å²) < 4.78 is 28.6. The number of amides is 1. The number of rotatable bonds is 4. The summed E-state index contributed by atoms with van der Waals surface area (Å²) in [6, 6.07) is 12.4. The SMILES string of the molecule is O=C(c1cnc2n(c1=O)CCS2)N1CCN(C(c2ccc(F)cc2)c2ccc(F)cc2)CC1. The lowest BCUT2D eigenvalue weighted by molar-refractivity contribution is 0.0594. The fourth-order valence-electron chi connectivity index (χ4n) is 4.42. The first kappa shape index (κ1) is 21.8. The third-order valence-corrected chi connectivity index (χ3v) is 7.10. The number of halogens is 2. The topological polar surface area (TPSA) is 58.4 Å². The second kappa shape index (κ2) is 9.07. The number of aromatic nitrogens is 2. The van der Waals surface area contributed by atoms with Crippen molar-refractivity contribution in [2.75, 3.05) is 31.9 Å². The van der Waals surface area contributed by atoms with E-state index < -0.39 is 0 Å². The van der Waals surface area contributed by atoms with Gasteiger partial charge in [-0.15, -0.1) is 0 Å². The third-order valence-electron chi connectivity index (χ3n) is 6.13. The molecule has 2 aromatic carbocycles. The average Bonchev–Trinajstić information content (AvgIpc) is 3.32. The lowest BCUT2D eigenvalue weighted by Gasteiger charge is -2.39. The predicted molar refractivity (Wildman–Crippen MR) is 121 cm³/mol. The fraction of sp³-hybridized carbons (Fsp3) is 0.292. The molecular formula is C24H22F2N4O2S. The summed E-state index contributed by atoms with van der Waals surface area (Å²) >= 11 is 1.51. The van der Waals surface area contributed by atoms with E-state index in [-0.39, 0.29) is 34.7 Å². The van der Waals surface area contributed by atoms with Gasteiger partial charge in [-0.3, -0.25) is 19.1 Å². The van der Waals surface area contributed by atoms with Gasteiger partial charge < -0.3 is 4.90 Å². The van der Waals surface area contributed by atoms with Crippen molar-refractivity contribution in [2.45, 2.75) is 17.7 Å². The van der Waals surface area contributed by atoms with Crippen LogP contribution >= 0.6 is 11.8 Å². The van der Waals surface area contributed by atoms with Gasteiger partial charge in [0.15, 0.2) is 5.16 Å². The predicted octanol–water partition coefficient (Wildman–Crippen LogP) is 3.17. The zero-order chi connectivity index (χ0) is 22.9. The maximum absolute atomic E-state index is 13.5. The first-order chi connectivity index (χ1) is 16.0. The molecule has 0 saturated carbocycles. The van der Waals surface area contributed by atoms with Gasteiger partial charge in [0.2, 0.25) is 0 Å². The Hall–Kier alpha value is -3.04. The third kappa shape index (κ3) is 4.30. The summed E-state index contributed by atoms with van der Waals surface area (Å²) in [7, 11) is 0. The van der Waals surface area contributed by atoms with Crippen molar-refractivity contribution in [3.8, 4) is 0 Å². The lowest BCUT2D eigenvalue weighted by atomic mass is 9.96. The molecular weight excluding hydrogens is 446 g/mol. The van der Waals surface area contributed by atoms with Crippen LogP contribution < -0.4 is 5.56 Å². The van der Waals surface area contributed by atoms with Gasteiger partial charge in [0.1, 0.15) is 17.2 Å². The Morgan fingerprint density at radius 1 is 0.879 bits per heavy atom. The lowest BCUT2D eigenvalue weighted by Crippen LogP contribution is -2.50. The molecule has 3 heterocycles. The number of fused-ring (bicyclic) bond motifs is 1. The molecule has 1 amide bonds. The van der Waals surface area contributed by atoms with Crippen molar-refractivity contribution in [1.29, 1.82) is 0 Å². The van der Waals surface area contributed by atoms with Crippen LogP contribution in [-0.2, 0) is 6.54 Å². The Kier molecular flexibility index (Phi) is 5.99. The van der Waals surface area contributed by atoms with Gasteiger partial charge >= 0.3 is 0 Å². The summed E-state index contributed by atoms with van der Waals surface area (Å²) in [5, 5.41) is 0.655. The maximum Gasteiger partial charge on any atom is 0.267 e. The second-order valence-electron chi connectivity index (χ2n) is 8.09. The van der Waals surface area contributed by atoms with Crippen LogP contribution in [0.5, 0.6) is 0 Å². The molecule has 3 aromatic rings. The minimum atomic E-state index is -0.320. The summed E-state index contributed by atoms with van der Waals surface area (Å²) in [6.07, 6.45) is 1.39. The Bertz CT molecular complexity index is 1180. The Morgan fingerprint density at radius 3 is 2.03 bits per heavy atom. The van der Waals surface area contributed by atoms with Crippen LogP contribution in [0.1, 0.15) is 27.5 Å². The van der Waals surface area contributed by atoms with Crippen LogP contribution in [0.25, 0.3) is 0 Å². The first-order valence-electron chi connectivity index (χ1n) is 10.8. The van der Waals surface area contributed by atoms with Crippen LogP contribution in [-0.4, -0.2) is 57.2 Å². The molecule has 6 nitrogen and oxygen atoms in total. The van der Waals surface area contributed by atoms with Crippen LogP contribution in [0.4, 0.5) is 8.78 Å². The first-order valence-corrected chi connectivity index (χ1v) is 11.8. The second-order valence-corrected chi connectivity index (χ2v) is 9.16. The summed E-state index contributed by atoms with van der Waals surface area (Å²) in [4.78, 5) is 34.0. The molecule has 0 radical (unpaired) electrons. The van der Waals surface area contributed by atoms with Crippen LogP contribution in [0.2, 0.25) is 0 Å². The molecule has 1 aromatic heterocycles. The van der Waals surface area contributed by atoms with E-state index in [0.29, 0.717) is 37.9 Å². The molecule has 0 aliphatic carbocycles. The van der Waals surface area contributed by atoms with E-state index in [2.05, 4.69) is 9.88 Å². The van der Waals surface area contributed by atoms with E-state index in [0.717, 1.165) is 16.9 Å². The molecule has 0 spiro atoms. The quantitative estimate of drug-likeness (QED) is 0.551. The van der Waals surface area contributed by atoms with Crippen molar-refractivity contribution < 1.29 is 13.6 Å². The summed E-state index contributed by atoms with van der Waals surface area (Å²) in [5.74, 6) is -0.161. The summed E-state index contributed by atoms with van der Waals surface area (Å²) in [5.41, 5.74) is 1.60. The molecule has 2 aliphatic heterocycles. The monoisotopic (exact) mass is 468 g/mol. The highest BCUT2D eigenvalue weighted by Crippen LogP contribution is 2.30. The number of hydrogen-bond donors (Lipinski definition) is 0. The van der Waals surface area contributed by atoms with Crippen LogP contribution in [0.3, 0.4) is 0 Å². The number of thioether (sulfide) groups is 1. The van der Waals surface area contributed by atoms with E-state index in [4.69, 9.17) is 0 Å². The molecule has 170 valence electrons. The molecule has 0 N–H and O–H groups in total. The van der Waals surface area contributed by atoms with E-state index >= 15 is 0 Å². The number of nitrogens with zero attached hydrogens (tertiary/aromatic N) is 4. The molecule has 2 aliphatic rings. The maximum atomic E-state index is 13.5. The molecule has 9 heteroatoms. The highest BCUT2D eigenvalue weighted by Gasteiger charge is 2.30. The smallest absolute Gasteiger partial charge is 0.267 e. The standard InChI is InChI=1S/C24H22F2N4O2S/c25-18-5-1-16(2-6-18)21(17-3-7-19(26)8-4-17)28-9-11-29(12-10-28)22(31)20-15-27-24-30(23(20)32)13-14-33-24/h1-8,15,21H,9-14H2. The molecule has 1 saturated heterocycles. The summed E-state index contributed by atoms with van der Waals surface area (Å²) in [6.45, 7) is 2.56. The van der Waals surface area contributed by atoms with E-state index in [1.807, 2.05) is 0 Å². The van der Waals surface area contributed by atoms with Crippen molar-refractivity contribution in [3.05, 3.63) is 93.4 Å². The molecule has 33 heavy (non-hydrogen) atoms. The van der Waals surface area contributed by atoms with E-state index in [9.17, 15) is 18.4 Å². The van der Waals surface area contributed by atoms with Crippen LogP contribution in [0.15, 0.2) is 64.7 Å². The highest BCUT2D eigenvalue weighted by atomic mass is 32.2. The molecule has 5 rings (SSSR count). The largest absolute Gasteiger partial charge is 0.336 e. The number of hydrogen-bond acceptors (Lipinski definition) is 5. The normalized spacial score (nSPS) is 16.3. The van der Waals surface area contributed by atoms with Gasteiger partial charge in [-0.25, -0.2) is 13.8 Å². The zero-order valence-electron chi connectivity index (χ0n) is 17.8. The van der Waals surface area contributed by atoms with Crippen molar-refractivity contribution in [1.82, 2.24) is 19.4 Å². The van der Waals surface area contributed by atoms with E-state index in [1.165, 1.54) is 42.2 Å². The minimum absolute atomic E-state index is 0.100. The molecule has 0 unspecified atom stereocenters. The van der Waals surface area contributed by atoms with Gasteiger partial charge in [-0.2, -0.15) is 0 Å². The zero-order valence-corrected chi connectivity index (χ0v) is 18.6. The Morgan fingerprint density at radius 2 is 1.45 bits per heavy atom. The number of carbonyl (C=O) groups is 1. The van der Waals surface area contributed by atoms with Crippen molar-refractivity contribution in [3.63, 3.8) is 0 Å². The molecule has 0 bridgehead atoms. The van der Waals surface area contributed by atoms with Gasteiger partial charge in [-0.05, 0) is 35.4 Å². The Balaban J connectivity index is 1.36. The van der Waals surface area contributed by atoms with Crippen LogP contribution in [0, 0.1) is 11.6 Å². The van der Waals surface area contributed by atoms with Gasteiger partial charge in [0.25, 0.3) is 11.5 Å². The number of piperazine rings is 1. The minimum Gasteiger partial charge on any atom is -0.336 e. The number of benzene rings is 2. The molecule has 0 atom stereocenters. The van der Waals surface area contributed by atoms with Gasteiger partial charge in [0.05, 0.1) is 6.04 Å². The fourth-order valence-corrected chi connectivity index (χ4v) is 5.34. The Labute approximate surface area is 193 Å². The van der Waals surface area contributed by atoms with E-state index in [1.54, 1.807) is 33.7 Å². The number of carbonyl (C=O) groups excluding carboxylic acids is 1.